The fraction of sp³-hybridized carbons (Fsp3) is 0.562. The molecule has 3 nitrogen and oxygen atoms in total. The molecule has 0 saturated carbocycles. The van der Waals surface area contributed by atoms with E-state index in [9.17, 15) is 13.6 Å². The summed E-state index contributed by atoms with van der Waals surface area (Å²) in [4.78, 5) is 14.2. The fourth-order valence-electron chi connectivity index (χ4n) is 2.73. The molecule has 0 bridgehead atoms. The molecule has 0 atom stereocenters. The number of nitrogens with zero attached hydrogens (tertiary/aromatic N) is 1. The molecule has 1 aliphatic heterocycles. The number of carbonyl (C=O) groups excluding carboxylic acids is 1. The average Bonchev–Trinajstić information content (AvgIpc) is 2.45. The Morgan fingerprint density at radius 3 is 2.43 bits per heavy atom. The van der Waals surface area contributed by atoms with Gasteiger partial charge in [-0.05, 0) is 44.0 Å². The van der Waals surface area contributed by atoms with Gasteiger partial charge in [0.1, 0.15) is 11.6 Å². The summed E-state index contributed by atoms with van der Waals surface area (Å²) < 4.78 is 31.3. The molecule has 0 radical (unpaired) electrons. The SMILES string of the molecule is COCC1CCN(CCC(=O)c2cc(F)cc(F)c2)CC1. The van der Waals surface area contributed by atoms with Crippen molar-refractivity contribution in [3.05, 3.63) is 35.4 Å². The Hall–Kier alpha value is -1.33. The van der Waals surface area contributed by atoms with Gasteiger partial charge in [0.25, 0.3) is 0 Å². The molecular weight excluding hydrogens is 276 g/mol. The molecule has 0 unspecified atom stereocenters. The van der Waals surface area contributed by atoms with Crippen LogP contribution in [0.1, 0.15) is 29.6 Å². The van der Waals surface area contributed by atoms with Crippen LogP contribution in [0.5, 0.6) is 0 Å². The molecule has 0 aromatic heterocycles. The molecule has 1 saturated heterocycles. The van der Waals surface area contributed by atoms with Crippen LogP contribution in [0.4, 0.5) is 8.78 Å². The second-order valence-electron chi connectivity index (χ2n) is 5.57. The summed E-state index contributed by atoms with van der Waals surface area (Å²) in [5.74, 6) is -1.04. The van der Waals surface area contributed by atoms with Gasteiger partial charge in [-0.1, -0.05) is 0 Å². The lowest BCUT2D eigenvalue weighted by Crippen LogP contribution is -2.36. The van der Waals surface area contributed by atoms with Gasteiger partial charge in [-0.25, -0.2) is 8.78 Å². The van der Waals surface area contributed by atoms with Gasteiger partial charge < -0.3 is 9.64 Å². The van der Waals surface area contributed by atoms with E-state index in [0.29, 0.717) is 12.5 Å². The molecule has 21 heavy (non-hydrogen) atoms. The maximum absolute atomic E-state index is 13.1. The molecule has 1 fully saturated rings. The number of carbonyl (C=O) groups is 1. The first-order valence-corrected chi connectivity index (χ1v) is 7.29. The number of rotatable bonds is 6. The smallest absolute Gasteiger partial charge is 0.164 e. The number of Topliss-reactive ketones (excluding diaryl/α,β-unsaturated/α-hetero) is 1. The van der Waals surface area contributed by atoms with Gasteiger partial charge in [0.05, 0.1) is 0 Å². The molecule has 1 aliphatic rings. The Morgan fingerprint density at radius 2 is 1.86 bits per heavy atom. The van der Waals surface area contributed by atoms with Crippen molar-refractivity contribution < 1.29 is 18.3 Å². The molecule has 1 aromatic rings. The first kappa shape index (κ1) is 16.0. The second kappa shape index (κ2) is 7.61. The van der Waals surface area contributed by atoms with Crippen LogP contribution in [0.25, 0.3) is 0 Å². The normalized spacial score (nSPS) is 17.1. The number of likely N-dealkylation sites (tertiary alicyclic amines) is 1. The summed E-state index contributed by atoms with van der Waals surface area (Å²) in [6.07, 6.45) is 2.42. The van der Waals surface area contributed by atoms with Crippen LogP contribution in [0.3, 0.4) is 0 Å². The zero-order valence-corrected chi connectivity index (χ0v) is 12.3. The van der Waals surface area contributed by atoms with E-state index >= 15 is 0 Å². The number of methoxy groups -OCH3 is 1. The minimum atomic E-state index is -0.710. The Kier molecular flexibility index (Phi) is 5.82. The summed E-state index contributed by atoms with van der Waals surface area (Å²) in [6.45, 7) is 3.31. The summed E-state index contributed by atoms with van der Waals surface area (Å²) in [5, 5.41) is 0. The number of ether oxygens (including phenoxy) is 1. The monoisotopic (exact) mass is 297 g/mol. The lowest BCUT2D eigenvalue weighted by atomic mass is 9.97. The highest BCUT2D eigenvalue weighted by atomic mass is 19.1. The molecule has 0 spiro atoms. The summed E-state index contributed by atoms with van der Waals surface area (Å²) in [7, 11) is 1.71. The molecule has 116 valence electrons. The highest BCUT2D eigenvalue weighted by Crippen LogP contribution is 2.18. The topological polar surface area (TPSA) is 29.5 Å². The molecule has 0 N–H and O–H groups in total. The van der Waals surface area contributed by atoms with Gasteiger partial charge in [-0.3, -0.25) is 4.79 Å². The van der Waals surface area contributed by atoms with Crippen LogP contribution >= 0.6 is 0 Å². The zero-order chi connectivity index (χ0) is 15.2. The van der Waals surface area contributed by atoms with Gasteiger partial charge >= 0.3 is 0 Å². The molecule has 1 heterocycles. The van der Waals surface area contributed by atoms with E-state index in [2.05, 4.69) is 4.90 Å². The molecule has 5 heteroatoms. The van der Waals surface area contributed by atoms with Crippen molar-refractivity contribution in [2.24, 2.45) is 5.92 Å². The fourth-order valence-corrected chi connectivity index (χ4v) is 2.73. The van der Waals surface area contributed by atoms with Crippen LogP contribution < -0.4 is 0 Å². The van der Waals surface area contributed by atoms with E-state index in [1.807, 2.05) is 0 Å². The van der Waals surface area contributed by atoms with Crippen molar-refractivity contribution in [2.45, 2.75) is 19.3 Å². The summed E-state index contributed by atoms with van der Waals surface area (Å²) >= 11 is 0. The van der Waals surface area contributed by atoms with Crippen molar-refractivity contribution >= 4 is 5.78 Å². The van der Waals surface area contributed by atoms with Gasteiger partial charge in [0, 0.05) is 38.3 Å². The Labute approximate surface area is 123 Å². The maximum Gasteiger partial charge on any atom is 0.164 e. The Morgan fingerprint density at radius 1 is 1.24 bits per heavy atom. The molecule has 0 amide bonds. The third kappa shape index (κ3) is 4.86. The van der Waals surface area contributed by atoms with Crippen molar-refractivity contribution in [2.75, 3.05) is 33.4 Å². The second-order valence-corrected chi connectivity index (χ2v) is 5.57. The Balaban J connectivity index is 1.79. The van der Waals surface area contributed by atoms with Crippen LogP contribution in [0, 0.1) is 17.6 Å². The van der Waals surface area contributed by atoms with E-state index in [4.69, 9.17) is 4.74 Å². The third-order valence-electron chi connectivity index (χ3n) is 3.95. The van der Waals surface area contributed by atoms with Crippen LogP contribution in [0.2, 0.25) is 0 Å². The van der Waals surface area contributed by atoms with Gasteiger partial charge in [0.2, 0.25) is 0 Å². The first-order chi connectivity index (χ1) is 10.1. The largest absolute Gasteiger partial charge is 0.384 e. The van der Waals surface area contributed by atoms with Gasteiger partial charge in [0.15, 0.2) is 5.78 Å². The molecule has 1 aromatic carbocycles. The minimum Gasteiger partial charge on any atom is -0.384 e. The van der Waals surface area contributed by atoms with Crippen molar-refractivity contribution in [3.8, 4) is 0 Å². The number of halogens is 2. The van der Waals surface area contributed by atoms with E-state index in [-0.39, 0.29) is 17.8 Å². The standard InChI is InChI=1S/C16H21F2NO2/c1-21-11-12-2-5-19(6-3-12)7-4-16(20)13-8-14(17)10-15(18)9-13/h8-10,12H,2-7,11H2,1H3. The molecule has 0 aliphatic carbocycles. The zero-order valence-electron chi connectivity index (χ0n) is 12.3. The summed E-state index contributed by atoms with van der Waals surface area (Å²) in [5.41, 5.74) is 0.113. The van der Waals surface area contributed by atoms with E-state index in [1.165, 1.54) is 0 Å². The van der Waals surface area contributed by atoms with Crippen molar-refractivity contribution in [1.82, 2.24) is 4.90 Å². The van der Waals surface area contributed by atoms with Gasteiger partial charge in [-0.2, -0.15) is 0 Å². The van der Waals surface area contributed by atoms with Crippen molar-refractivity contribution in [3.63, 3.8) is 0 Å². The Bertz CT molecular complexity index is 465. The number of hydrogen-bond donors (Lipinski definition) is 0. The van der Waals surface area contributed by atoms with E-state index in [1.54, 1.807) is 7.11 Å². The van der Waals surface area contributed by atoms with Crippen LogP contribution in [-0.4, -0.2) is 44.0 Å². The summed E-state index contributed by atoms with van der Waals surface area (Å²) in [6, 6.07) is 2.96. The number of benzene rings is 1. The number of ketones is 1. The highest BCUT2D eigenvalue weighted by Gasteiger charge is 2.19. The maximum atomic E-state index is 13.1. The average molecular weight is 297 g/mol. The number of hydrogen-bond acceptors (Lipinski definition) is 3. The molecule has 2 rings (SSSR count). The quantitative estimate of drug-likeness (QED) is 0.756. The van der Waals surface area contributed by atoms with Crippen molar-refractivity contribution in [1.29, 1.82) is 0 Å². The third-order valence-corrected chi connectivity index (χ3v) is 3.95. The van der Waals surface area contributed by atoms with E-state index < -0.39 is 11.6 Å². The minimum absolute atomic E-state index is 0.113. The highest BCUT2D eigenvalue weighted by molar-refractivity contribution is 5.96. The predicted molar refractivity (Wildman–Crippen MR) is 76.3 cm³/mol. The molecular formula is C16H21F2NO2. The first-order valence-electron chi connectivity index (χ1n) is 7.29. The van der Waals surface area contributed by atoms with Crippen LogP contribution in [-0.2, 0) is 4.74 Å². The van der Waals surface area contributed by atoms with E-state index in [0.717, 1.165) is 50.7 Å². The number of piperidine rings is 1. The predicted octanol–water partition coefficient (Wildman–Crippen LogP) is 2.90. The van der Waals surface area contributed by atoms with Crippen LogP contribution in [0.15, 0.2) is 18.2 Å². The van der Waals surface area contributed by atoms with Gasteiger partial charge in [-0.15, -0.1) is 0 Å². The lowest BCUT2D eigenvalue weighted by Gasteiger charge is -2.31. The lowest BCUT2D eigenvalue weighted by molar-refractivity contribution is 0.0883.